The molecule has 0 N–H and O–H groups in total. The molecule has 1 aromatic rings. The largest absolute Gasteiger partial charge is 0.465 e. The molecule has 0 radical (unpaired) electrons. The van der Waals surface area contributed by atoms with E-state index in [-0.39, 0.29) is 6.10 Å². The second-order valence-corrected chi connectivity index (χ2v) is 2.80. The van der Waals surface area contributed by atoms with E-state index in [0.717, 1.165) is 5.76 Å². The van der Waals surface area contributed by atoms with E-state index in [1.165, 1.54) is 0 Å². The van der Waals surface area contributed by atoms with Gasteiger partial charge in [-0.3, -0.25) is 0 Å². The van der Waals surface area contributed by atoms with Crippen LogP contribution in [0.5, 0.6) is 0 Å². The Kier molecular flexibility index (Phi) is 3.61. The van der Waals surface area contributed by atoms with E-state index in [1.807, 2.05) is 38.1 Å². The Labute approximate surface area is 72.8 Å². The zero-order valence-corrected chi connectivity index (χ0v) is 7.49. The lowest BCUT2D eigenvalue weighted by atomic mass is 10.4. The molecule has 2 heteroatoms. The third-order valence-corrected chi connectivity index (χ3v) is 1.35. The van der Waals surface area contributed by atoms with Crippen molar-refractivity contribution < 1.29 is 9.15 Å². The van der Waals surface area contributed by atoms with Gasteiger partial charge in [-0.15, -0.1) is 0 Å². The minimum Gasteiger partial charge on any atom is -0.465 e. The van der Waals surface area contributed by atoms with Crippen molar-refractivity contribution in [3.05, 3.63) is 30.2 Å². The average molecular weight is 166 g/mol. The maximum absolute atomic E-state index is 5.31. The van der Waals surface area contributed by atoms with Crippen LogP contribution in [0.25, 0.3) is 6.08 Å². The SMILES string of the molecule is CC(C)OC/C=C/c1ccco1. The molecule has 2 nitrogen and oxygen atoms in total. The van der Waals surface area contributed by atoms with E-state index < -0.39 is 0 Å². The van der Waals surface area contributed by atoms with Gasteiger partial charge in [-0.1, -0.05) is 6.08 Å². The molecule has 1 rings (SSSR count). The van der Waals surface area contributed by atoms with Crippen molar-refractivity contribution in [2.24, 2.45) is 0 Å². The molecule has 0 fully saturated rings. The summed E-state index contributed by atoms with van der Waals surface area (Å²) in [4.78, 5) is 0. The molecule has 0 aromatic carbocycles. The van der Waals surface area contributed by atoms with Gasteiger partial charge < -0.3 is 9.15 Å². The average Bonchev–Trinajstić information content (AvgIpc) is 2.49. The van der Waals surface area contributed by atoms with Gasteiger partial charge in [0.2, 0.25) is 0 Å². The predicted molar refractivity (Wildman–Crippen MR) is 48.8 cm³/mol. The molecule has 1 aromatic heterocycles. The van der Waals surface area contributed by atoms with Crippen LogP contribution in [0, 0.1) is 0 Å². The maximum Gasteiger partial charge on any atom is 0.126 e. The second-order valence-electron chi connectivity index (χ2n) is 2.80. The van der Waals surface area contributed by atoms with Crippen LogP contribution < -0.4 is 0 Å². The van der Waals surface area contributed by atoms with Crippen molar-refractivity contribution in [2.45, 2.75) is 20.0 Å². The third kappa shape index (κ3) is 3.39. The molecule has 0 saturated carbocycles. The Morgan fingerprint density at radius 3 is 3.00 bits per heavy atom. The first-order valence-corrected chi connectivity index (χ1v) is 4.10. The van der Waals surface area contributed by atoms with Crippen LogP contribution in [0.3, 0.4) is 0 Å². The fourth-order valence-electron chi connectivity index (χ4n) is 0.798. The highest BCUT2D eigenvalue weighted by molar-refractivity contribution is 5.41. The summed E-state index contributed by atoms with van der Waals surface area (Å²) >= 11 is 0. The Morgan fingerprint density at radius 1 is 1.58 bits per heavy atom. The van der Waals surface area contributed by atoms with Crippen molar-refractivity contribution in [1.82, 2.24) is 0 Å². The lowest BCUT2D eigenvalue weighted by Gasteiger charge is -2.02. The summed E-state index contributed by atoms with van der Waals surface area (Å²) in [6, 6.07) is 3.77. The molecular formula is C10H14O2. The van der Waals surface area contributed by atoms with Crippen LogP contribution in [-0.4, -0.2) is 12.7 Å². The molecule has 0 amide bonds. The molecule has 0 aliphatic rings. The Hall–Kier alpha value is -1.02. The summed E-state index contributed by atoms with van der Waals surface area (Å²) in [5.74, 6) is 0.863. The minimum absolute atomic E-state index is 0.284. The van der Waals surface area contributed by atoms with E-state index >= 15 is 0 Å². The van der Waals surface area contributed by atoms with Crippen LogP contribution in [0.4, 0.5) is 0 Å². The Balaban J connectivity index is 2.23. The van der Waals surface area contributed by atoms with Crippen LogP contribution >= 0.6 is 0 Å². The summed E-state index contributed by atoms with van der Waals surface area (Å²) in [6.07, 6.45) is 5.79. The zero-order valence-electron chi connectivity index (χ0n) is 7.49. The van der Waals surface area contributed by atoms with Crippen molar-refractivity contribution in [3.63, 3.8) is 0 Å². The monoisotopic (exact) mass is 166 g/mol. The summed E-state index contributed by atoms with van der Waals surface area (Å²) in [6.45, 7) is 4.67. The molecule has 12 heavy (non-hydrogen) atoms. The van der Waals surface area contributed by atoms with Crippen LogP contribution in [0.15, 0.2) is 28.9 Å². The first kappa shape index (κ1) is 9.07. The number of furan rings is 1. The highest BCUT2D eigenvalue weighted by atomic mass is 16.5. The standard InChI is InChI=1S/C10H14O2/c1-9(2)11-7-3-5-10-6-4-8-12-10/h3-6,8-9H,7H2,1-2H3/b5-3+. The van der Waals surface area contributed by atoms with Crippen molar-refractivity contribution >= 4 is 6.08 Å². The predicted octanol–water partition coefficient (Wildman–Crippen LogP) is 2.72. The highest BCUT2D eigenvalue weighted by Crippen LogP contribution is 2.02. The zero-order chi connectivity index (χ0) is 8.81. The number of ether oxygens (including phenoxy) is 1. The lowest BCUT2D eigenvalue weighted by molar-refractivity contribution is 0.103. The molecule has 0 aliphatic heterocycles. The molecule has 0 unspecified atom stereocenters. The molecular weight excluding hydrogens is 152 g/mol. The minimum atomic E-state index is 0.284. The quantitative estimate of drug-likeness (QED) is 0.686. The molecule has 0 spiro atoms. The van der Waals surface area contributed by atoms with Gasteiger partial charge in [-0.05, 0) is 32.1 Å². The van der Waals surface area contributed by atoms with Gasteiger partial charge in [0.1, 0.15) is 5.76 Å². The fourth-order valence-corrected chi connectivity index (χ4v) is 0.798. The highest BCUT2D eigenvalue weighted by Gasteiger charge is 1.89. The van der Waals surface area contributed by atoms with Crippen LogP contribution in [0.1, 0.15) is 19.6 Å². The van der Waals surface area contributed by atoms with Crippen LogP contribution in [0.2, 0.25) is 0 Å². The maximum atomic E-state index is 5.31. The first-order valence-electron chi connectivity index (χ1n) is 4.10. The number of hydrogen-bond acceptors (Lipinski definition) is 2. The van der Waals surface area contributed by atoms with E-state index in [2.05, 4.69) is 0 Å². The Bertz CT molecular complexity index is 222. The van der Waals surface area contributed by atoms with E-state index in [0.29, 0.717) is 6.61 Å². The molecule has 66 valence electrons. The number of hydrogen-bond donors (Lipinski definition) is 0. The van der Waals surface area contributed by atoms with Crippen molar-refractivity contribution in [1.29, 1.82) is 0 Å². The van der Waals surface area contributed by atoms with Gasteiger partial charge in [0, 0.05) is 0 Å². The molecule has 1 heterocycles. The van der Waals surface area contributed by atoms with Gasteiger partial charge in [0.05, 0.1) is 19.0 Å². The van der Waals surface area contributed by atoms with Gasteiger partial charge in [0.15, 0.2) is 0 Å². The van der Waals surface area contributed by atoms with Gasteiger partial charge >= 0.3 is 0 Å². The third-order valence-electron chi connectivity index (χ3n) is 1.35. The fraction of sp³-hybridized carbons (Fsp3) is 0.400. The van der Waals surface area contributed by atoms with Gasteiger partial charge in [-0.2, -0.15) is 0 Å². The topological polar surface area (TPSA) is 22.4 Å². The second kappa shape index (κ2) is 4.78. The van der Waals surface area contributed by atoms with Gasteiger partial charge in [-0.25, -0.2) is 0 Å². The Morgan fingerprint density at radius 2 is 2.42 bits per heavy atom. The van der Waals surface area contributed by atoms with Crippen molar-refractivity contribution in [2.75, 3.05) is 6.61 Å². The van der Waals surface area contributed by atoms with E-state index in [1.54, 1.807) is 6.26 Å². The molecule has 0 bridgehead atoms. The van der Waals surface area contributed by atoms with Gasteiger partial charge in [0.25, 0.3) is 0 Å². The molecule has 0 saturated heterocycles. The summed E-state index contributed by atoms with van der Waals surface area (Å²) in [5.41, 5.74) is 0. The first-order chi connectivity index (χ1) is 5.79. The normalized spacial score (nSPS) is 11.6. The lowest BCUT2D eigenvalue weighted by Crippen LogP contribution is -2.01. The van der Waals surface area contributed by atoms with E-state index in [4.69, 9.17) is 9.15 Å². The summed E-state index contributed by atoms with van der Waals surface area (Å²) < 4.78 is 10.4. The van der Waals surface area contributed by atoms with Crippen LogP contribution in [-0.2, 0) is 4.74 Å². The summed E-state index contributed by atoms with van der Waals surface area (Å²) in [5, 5.41) is 0. The van der Waals surface area contributed by atoms with E-state index in [9.17, 15) is 0 Å². The molecule has 0 atom stereocenters. The molecule has 0 aliphatic carbocycles. The smallest absolute Gasteiger partial charge is 0.126 e. The summed E-state index contributed by atoms with van der Waals surface area (Å²) in [7, 11) is 0. The number of rotatable bonds is 4. The van der Waals surface area contributed by atoms with Crippen molar-refractivity contribution in [3.8, 4) is 0 Å².